The van der Waals surface area contributed by atoms with Gasteiger partial charge >= 0.3 is 11.9 Å². The molecule has 1 saturated heterocycles. The molecular weight excluding hydrogens is 210 g/mol. The summed E-state index contributed by atoms with van der Waals surface area (Å²) in [4.78, 5) is 23.9. The van der Waals surface area contributed by atoms with Crippen LogP contribution in [-0.2, 0) is 14.3 Å². The molecule has 1 atom stereocenters. The summed E-state index contributed by atoms with van der Waals surface area (Å²) < 4.78 is 4.78. The standard InChI is InChI=1S/C11H17NO4/c1-3-16-10(13)7-8(2)12-6-4-5-9(12)11(14)15/h7,9H,3-6H2,1-2H3,(H,14,15)/b8-7+/t9-/m0/s1. The summed E-state index contributed by atoms with van der Waals surface area (Å²) in [6.07, 6.45) is 2.82. The molecule has 0 radical (unpaired) electrons. The molecule has 0 aromatic rings. The SMILES string of the molecule is CCOC(=O)/C=C(\C)N1CCC[C@H]1C(=O)O. The van der Waals surface area contributed by atoms with Crippen LogP contribution < -0.4 is 0 Å². The van der Waals surface area contributed by atoms with Crippen LogP contribution in [0, 0.1) is 0 Å². The fraction of sp³-hybridized carbons (Fsp3) is 0.636. The Kier molecular flexibility index (Phi) is 4.34. The first-order valence-corrected chi connectivity index (χ1v) is 5.40. The average Bonchev–Trinajstić information content (AvgIpc) is 2.65. The van der Waals surface area contributed by atoms with Gasteiger partial charge in [-0.25, -0.2) is 9.59 Å². The molecule has 5 nitrogen and oxygen atoms in total. The predicted molar refractivity (Wildman–Crippen MR) is 57.8 cm³/mol. The monoisotopic (exact) mass is 227 g/mol. The second-order valence-electron chi connectivity index (χ2n) is 3.73. The maximum absolute atomic E-state index is 11.2. The zero-order valence-corrected chi connectivity index (χ0v) is 9.60. The van der Waals surface area contributed by atoms with Crippen molar-refractivity contribution in [3.05, 3.63) is 11.8 Å². The van der Waals surface area contributed by atoms with Crippen LogP contribution in [0.1, 0.15) is 26.7 Å². The molecule has 0 aromatic heterocycles. The van der Waals surface area contributed by atoms with Gasteiger partial charge < -0.3 is 14.7 Å². The Morgan fingerprint density at radius 2 is 2.25 bits per heavy atom. The number of hydrogen-bond donors (Lipinski definition) is 1. The van der Waals surface area contributed by atoms with Crippen molar-refractivity contribution in [1.29, 1.82) is 0 Å². The lowest BCUT2D eigenvalue weighted by Crippen LogP contribution is -2.34. The molecule has 0 unspecified atom stereocenters. The van der Waals surface area contributed by atoms with Crippen LogP contribution in [0.3, 0.4) is 0 Å². The van der Waals surface area contributed by atoms with E-state index in [2.05, 4.69) is 0 Å². The zero-order chi connectivity index (χ0) is 12.1. The second kappa shape index (κ2) is 5.53. The third-order valence-electron chi connectivity index (χ3n) is 2.60. The fourth-order valence-corrected chi connectivity index (χ4v) is 1.88. The summed E-state index contributed by atoms with van der Waals surface area (Å²) in [5, 5.41) is 8.98. The quantitative estimate of drug-likeness (QED) is 0.573. The largest absolute Gasteiger partial charge is 0.480 e. The molecule has 0 bridgehead atoms. The minimum absolute atomic E-state index is 0.324. The minimum atomic E-state index is -0.839. The zero-order valence-electron chi connectivity index (χ0n) is 9.60. The highest BCUT2D eigenvalue weighted by Crippen LogP contribution is 2.22. The first kappa shape index (κ1) is 12.5. The Morgan fingerprint density at radius 3 is 2.81 bits per heavy atom. The number of esters is 1. The number of rotatable bonds is 4. The topological polar surface area (TPSA) is 66.8 Å². The highest BCUT2D eigenvalue weighted by molar-refractivity contribution is 5.83. The molecule has 0 aliphatic carbocycles. The summed E-state index contributed by atoms with van der Waals surface area (Å²) in [6.45, 7) is 4.47. The first-order valence-electron chi connectivity index (χ1n) is 5.40. The molecule has 0 amide bonds. The number of carboxylic acid groups (broad SMARTS) is 1. The van der Waals surface area contributed by atoms with Crippen LogP contribution in [0.2, 0.25) is 0 Å². The molecule has 90 valence electrons. The van der Waals surface area contributed by atoms with Crippen LogP contribution in [-0.4, -0.2) is 41.1 Å². The predicted octanol–water partition coefficient (Wildman–Crippen LogP) is 1.00. The fourth-order valence-electron chi connectivity index (χ4n) is 1.88. The van der Waals surface area contributed by atoms with Crippen LogP contribution in [0.15, 0.2) is 11.8 Å². The van der Waals surface area contributed by atoms with Crippen molar-refractivity contribution in [1.82, 2.24) is 4.90 Å². The summed E-state index contributed by atoms with van der Waals surface area (Å²) in [6, 6.07) is -0.509. The summed E-state index contributed by atoms with van der Waals surface area (Å²) in [5.41, 5.74) is 0.656. The maximum Gasteiger partial charge on any atom is 0.332 e. The van der Waals surface area contributed by atoms with E-state index in [1.165, 1.54) is 6.08 Å². The number of allylic oxidation sites excluding steroid dienone is 1. The van der Waals surface area contributed by atoms with Crippen LogP contribution in [0.25, 0.3) is 0 Å². The molecule has 16 heavy (non-hydrogen) atoms. The van der Waals surface area contributed by atoms with E-state index in [0.29, 0.717) is 25.3 Å². The number of carboxylic acids is 1. The van der Waals surface area contributed by atoms with Crippen molar-refractivity contribution in [2.45, 2.75) is 32.7 Å². The third kappa shape index (κ3) is 2.98. The molecule has 0 spiro atoms. The Balaban J connectivity index is 2.68. The van der Waals surface area contributed by atoms with E-state index in [4.69, 9.17) is 9.84 Å². The van der Waals surface area contributed by atoms with E-state index in [0.717, 1.165) is 6.42 Å². The van der Waals surface area contributed by atoms with E-state index in [1.807, 2.05) is 0 Å². The Morgan fingerprint density at radius 1 is 1.56 bits per heavy atom. The van der Waals surface area contributed by atoms with E-state index in [1.54, 1.807) is 18.7 Å². The lowest BCUT2D eigenvalue weighted by molar-refractivity contribution is -0.142. The van der Waals surface area contributed by atoms with Gasteiger partial charge in [-0.3, -0.25) is 0 Å². The molecule has 1 heterocycles. The van der Waals surface area contributed by atoms with Crippen molar-refractivity contribution < 1.29 is 19.4 Å². The number of likely N-dealkylation sites (tertiary alicyclic amines) is 1. The van der Waals surface area contributed by atoms with Gasteiger partial charge in [-0.2, -0.15) is 0 Å². The number of carbonyl (C=O) groups excluding carboxylic acids is 1. The summed E-state index contributed by atoms with van der Waals surface area (Å²) in [7, 11) is 0. The summed E-state index contributed by atoms with van der Waals surface area (Å²) >= 11 is 0. The molecule has 1 N–H and O–H groups in total. The number of aliphatic carboxylic acids is 1. The maximum atomic E-state index is 11.2. The highest BCUT2D eigenvalue weighted by Gasteiger charge is 2.30. The Labute approximate surface area is 94.7 Å². The van der Waals surface area contributed by atoms with E-state index < -0.39 is 18.0 Å². The Bertz CT molecular complexity index is 311. The van der Waals surface area contributed by atoms with Gasteiger partial charge in [-0.05, 0) is 26.7 Å². The molecule has 1 aliphatic rings. The van der Waals surface area contributed by atoms with Crippen LogP contribution >= 0.6 is 0 Å². The van der Waals surface area contributed by atoms with Gasteiger partial charge in [0.05, 0.1) is 6.61 Å². The highest BCUT2D eigenvalue weighted by atomic mass is 16.5. The van der Waals surface area contributed by atoms with E-state index in [9.17, 15) is 9.59 Å². The molecular formula is C11H17NO4. The van der Waals surface area contributed by atoms with Gasteiger partial charge in [0.15, 0.2) is 0 Å². The molecule has 5 heteroatoms. The van der Waals surface area contributed by atoms with Crippen molar-refractivity contribution in [2.24, 2.45) is 0 Å². The van der Waals surface area contributed by atoms with Crippen molar-refractivity contribution in [3.63, 3.8) is 0 Å². The second-order valence-corrected chi connectivity index (χ2v) is 3.73. The minimum Gasteiger partial charge on any atom is -0.480 e. The van der Waals surface area contributed by atoms with Crippen molar-refractivity contribution in [2.75, 3.05) is 13.2 Å². The Hall–Kier alpha value is -1.52. The lowest BCUT2D eigenvalue weighted by atomic mass is 10.2. The van der Waals surface area contributed by atoms with Gasteiger partial charge in [0.1, 0.15) is 6.04 Å². The number of carbonyl (C=O) groups is 2. The van der Waals surface area contributed by atoms with Gasteiger partial charge in [0.2, 0.25) is 0 Å². The van der Waals surface area contributed by atoms with Gasteiger partial charge in [0, 0.05) is 18.3 Å². The molecule has 1 rings (SSSR count). The van der Waals surface area contributed by atoms with Crippen molar-refractivity contribution >= 4 is 11.9 Å². The van der Waals surface area contributed by atoms with Crippen molar-refractivity contribution in [3.8, 4) is 0 Å². The van der Waals surface area contributed by atoms with Crippen LogP contribution in [0.5, 0.6) is 0 Å². The molecule has 0 saturated carbocycles. The summed E-state index contributed by atoms with van der Waals surface area (Å²) in [5.74, 6) is -1.26. The van der Waals surface area contributed by atoms with Crippen LogP contribution in [0.4, 0.5) is 0 Å². The van der Waals surface area contributed by atoms with E-state index >= 15 is 0 Å². The van der Waals surface area contributed by atoms with Gasteiger partial charge in [0.25, 0.3) is 0 Å². The normalized spacial score (nSPS) is 21.0. The van der Waals surface area contributed by atoms with Gasteiger partial charge in [-0.15, -0.1) is 0 Å². The molecule has 1 fully saturated rings. The smallest absolute Gasteiger partial charge is 0.332 e. The first-order chi connectivity index (χ1) is 7.56. The van der Waals surface area contributed by atoms with E-state index in [-0.39, 0.29) is 0 Å². The molecule has 1 aliphatic heterocycles. The number of nitrogens with zero attached hydrogens (tertiary/aromatic N) is 1. The third-order valence-corrected chi connectivity index (χ3v) is 2.60. The molecule has 0 aromatic carbocycles. The lowest BCUT2D eigenvalue weighted by Gasteiger charge is -2.23. The number of hydrogen-bond acceptors (Lipinski definition) is 4. The average molecular weight is 227 g/mol. The number of ether oxygens (including phenoxy) is 1. The van der Waals surface area contributed by atoms with Gasteiger partial charge in [-0.1, -0.05) is 0 Å².